The van der Waals surface area contributed by atoms with Gasteiger partial charge in [0.25, 0.3) is 0 Å². The number of hydrogen-bond donors (Lipinski definition) is 1. The maximum atomic E-state index is 11.5. The van der Waals surface area contributed by atoms with Crippen LogP contribution in [0.5, 0.6) is 0 Å². The second kappa shape index (κ2) is 3.77. The summed E-state index contributed by atoms with van der Waals surface area (Å²) in [7, 11) is 0. The smallest absolute Gasteiger partial charge is 0.410 e. The van der Waals surface area contributed by atoms with E-state index in [1.165, 1.54) is 0 Å². The zero-order valence-electron chi connectivity index (χ0n) is 9.28. The van der Waals surface area contributed by atoms with Crippen LogP contribution in [-0.4, -0.2) is 40.9 Å². The zero-order valence-corrected chi connectivity index (χ0v) is 9.28. The molecule has 0 saturated carbocycles. The number of amides is 1. The van der Waals surface area contributed by atoms with Crippen molar-refractivity contribution < 1.29 is 14.6 Å². The summed E-state index contributed by atoms with van der Waals surface area (Å²) in [5.74, 6) is 0.141. The summed E-state index contributed by atoms with van der Waals surface area (Å²) in [6.45, 7) is 8.39. The second-order valence-corrected chi connectivity index (χ2v) is 4.93. The Bertz CT molecular complexity index is 212. The van der Waals surface area contributed by atoms with Gasteiger partial charge in [-0.15, -0.1) is 0 Å². The van der Waals surface area contributed by atoms with Crippen molar-refractivity contribution in [3.05, 3.63) is 0 Å². The largest absolute Gasteiger partial charge is 0.444 e. The second-order valence-electron chi connectivity index (χ2n) is 4.93. The summed E-state index contributed by atoms with van der Waals surface area (Å²) in [6, 6.07) is 0. The zero-order chi connectivity index (χ0) is 10.9. The maximum Gasteiger partial charge on any atom is 0.410 e. The number of β-amino-alcohol motifs (C(OH)–C–C–N with tert-alkyl or cyclic N) is 1. The SMILES string of the molecule is C[C@H]1CN(C(=O)OC(C)(C)C)C[C@@H]1O. The molecule has 1 fully saturated rings. The molecule has 0 aromatic rings. The molecule has 14 heavy (non-hydrogen) atoms. The first-order valence-corrected chi connectivity index (χ1v) is 4.95. The Labute approximate surface area is 84.8 Å². The molecular weight excluding hydrogens is 182 g/mol. The number of rotatable bonds is 0. The van der Waals surface area contributed by atoms with E-state index in [0.29, 0.717) is 13.1 Å². The van der Waals surface area contributed by atoms with Gasteiger partial charge in [0.15, 0.2) is 0 Å². The third-order valence-electron chi connectivity index (χ3n) is 2.22. The fourth-order valence-corrected chi connectivity index (χ4v) is 1.43. The number of aliphatic hydroxyl groups is 1. The highest BCUT2D eigenvalue weighted by Gasteiger charge is 2.33. The minimum atomic E-state index is -0.464. The molecule has 0 unspecified atom stereocenters. The van der Waals surface area contributed by atoms with E-state index >= 15 is 0 Å². The van der Waals surface area contributed by atoms with Gasteiger partial charge in [0, 0.05) is 12.5 Å². The summed E-state index contributed by atoms with van der Waals surface area (Å²) < 4.78 is 5.19. The van der Waals surface area contributed by atoms with Gasteiger partial charge >= 0.3 is 6.09 Å². The predicted octanol–water partition coefficient (Wildman–Crippen LogP) is 1.23. The van der Waals surface area contributed by atoms with E-state index in [1.807, 2.05) is 27.7 Å². The number of nitrogens with zero attached hydrogens (tertiary/aromatic N) is 1. The average Bonchev–Trinajstić information content (AvgIpc) is 2.28. The Morgan fingerprint density at radius 1 is 1.43 bits per heavy atom. The van der Waals surface area contributed by atoms with Gasteiger partial charge in [-0.2, -0.15) is 0 Å². The molecule has 1 heterocycles. The molecule has 4 nitrogen and oxygen atoms in total. The van der Waals surface area contributed by atoms with Crippen LogP contribution in [0.1, 0.15) is 27.7 Å². The minimum absolute atomic E-state index is 0.141. The van der Waals surface area contributed by atoms with Crippen LogP contribution in [0.15, 0.2) is 0 Å². The quantitative estimate of drug-likeness (QED) is 0.641. The van der Waals surface area contributed by atoms with Gasteiger partial charge < -0.3 is 14.7 Å². The lowest BCUT2D eigenvalue weighted by molar-refractivity contribution is 0.0270. The lowest BCUT2D eigenvalue weighted by Gasteiger charge is -2.24. The van der Waals surface area contributed by atoms with Gasteiger partial charge in [-0.05, 0) is 20.8 Å². The normalized spacial score (nSPS) is 27.9. The topological polar surface area (TPSA) is 49.8 Å². The van der Waals surface area contributed by atoms with Gasteiger partial charge in [-0.3, -0.25) is 0 Å². The van der Waals surface area contributed by atoms with E-state index in [1.54, 1.807) is 4.90 Å². The summed E-state index contributed by atoms with van der Waals surface area (Å²) in [5.41, 5.74) is -0.464. The molecule has 1 saturated heterocycles. The lowest BCUT2D eigenvalue weighted by atomic mass is 10.1. The molecule has 0 bridgehead atoms. The van der Waals surface area contributed by atoms with Crippen LogP contribution < -0.4 is 0 Å². The van der Waals surface area contributed by atoms with Crippen molar-refractivity contribution >= 4 is 6.09 Å². The fourth-order valence-electron chi connectivity index (χ4n) is 1.43. The van der Waals surface area contributed by atoms with Crippen LogP contribution in [0.3, 0.4) is 0 Å². The molecule has 0 aromatic heterocycles. The lowest BCUT2D eigenvalue weighted by Crippen LogP contribution is -2.35. The van der Waals surface area contributed by atoms with E-state index in [4.69, 9.17) is 4.74 Å². The van der Waals surface area contributed by atoms with Gasteiger partial charge in [-0.25, -0.2) is 4.79 Å². The number of hydrogen-bond acceptors (Lipinski definition) is 3. The van der Waals surface area contributed by atoms with Crippen LogP contribution in [0.25, 0.3) is 0 Å². The standard InChI is InChI=1S/C10H19NO3/c1-7-5-11(6-8(7)12)9(13)14-10(2,3)4/h7-8,12H,5-6H2,1-4H3/t7-,8-/m0/s1. The molecule has 1 aliphatic rings. The number of likely N-dealkylation sites (tertiary alicyclic amines) is 1. The Morgan fingerprint density at radius 3 is 2.36 bits per heavy atom. The highest BCUT2D eigenvalue weighted by Crippen LogP contribution is 2.19. The van der Waals surface area contributed by atoms with Gasteiger partial charge in [-0.1, -0.05) is 6.92 Å². The summed E-state index contributed by atoms with van der Waals surface area (Å²) >= 11 is 0. The highest BCUT2D eigenvalue weighted by molar-refractivity contribution is 5.68. The Morgan fingerprint density at radius 2 is 2.00 bits per heavy atom. The molecule has 2 atom stereocenters. The summed E-state index contributed by atoms with van der Waals surface area (Å²) in [5, 5.41) is 9.47. The van der Waals surface area contributed by atoms with Crippen LogP contribution >= 0.6 is 0 Å². The number of aliphatic hydroxyl groups excluding tert-OH is 1. The van der Waals surface area contributed by atoms with Gasteiger partial charge in [0.1, 0.15) is 5.60 Å². The van der Waals surface area contributed by atoms with Gasteiger partial charge in [0.05, 0.1) is 12.6 Å². The van der Waals surface area contributed by atoms with Crippen molar-refractivity contribution in [2.24, 2.45) is 5.92 Å². The molecule has 0 radical (unpaired) electrons. The van der Waals surface area contributed by atoms with Crippen molar-refractivity contribution in [3.63, 3.8) is 0 Å². The van der Waals surface area contributed by atoms with E-state index in [-0.39, 0.29) is 12.0 Å². The fraction of sp³-hybridized carbons (Fsp3) is 0.900. The molecule has 4 heteroatoms. The molecule has 1 aliphatic heterocycles. The minimum Gasteiger partial charge on any atom is -0.444 e. The predicted molar refractivity (Wildman–Crippen MR) is 53.0 cm³/mol. The average molecular weight is 201 g/mol. The number of carbonyl (C=O) groups is 1. The summed E-state index contributed by atoms with van der Waals surface area (Å²) in [6.07, 6.45) is -0.747. The van der Waals surface area contributed by atoms with Crippen molar-refractivity contribution in [3.8, 4) is 0 Å². The van der Waals surface area contributed by atoms with E-state index in [2.05, 4.69) is 0 Å². The van der Waals surface area contributed by atoms with Crippen LogP contribution in [-0.2, 0) is 4.74 Å². The Hall–Kier alpha value is -0.770. The monoisotopic (exact) mass is 201 g/mol. The third kappa shape index (κ3) is 2.87. The number of ether oxygens (including phenoxy) is 1. The van der Waals surface area contributed by atoms with Crippen LogP contribution in [0.4, 0.5) is 4.79 Å². The molecule has 82 valence electrons. The molecule has 0 aliphatic carbocycles. The molecule has 0 aromatic carbocycles. The Balaban J connectivity index is 2.48. The molecular formula is C10H19NO3. The molecule has 0 spiro atoms. The van der Waals surface area contributed by atoms with Crippen LogP contribution in [0, 0.1) is 5.92 Å². The number of carbonyl (C=O) groups excluding carboxylic acids is 1. The van der Waals surface area contributed by atoms with E-state index < -0.39 is 11.7 Å². The van der Waals surface area contributed by atoms with Crippen molar-refractivity contribution in [2.75, 3.05) is 13.1 Å². The van der Waals surface area contributed by atoms with Crippen molar-refractivity contribution in [1.82, 2.24) is 4.90 Å². The summed E-state index contributed by atoms with van der Waals surface area (Å²) in [4.78, 5) is 13.1. The first-order valence-electron chi connectivity index (χ1n) is 4.95. The molecule has 1 amide bonds. The van der Waals surface area contributed by atoms with E-state index in [0.717, 1.165) is 0 Å². The molecule has 1 N–H and O–H groups in total. The third-order valence-corrected chi connectivity index (χ3v) is 2.22. The molecule has 1 rings (SSSR count). The van der Waals surface area contributed by atoms with Crippen molar-refractivity contribution in [2.45, 2.75) is 39.4 Å². The highest BCUT2D eigenvalue weighted by atomic mass is 16.6. The van der Waals surface area contributed by atoms with Crippen LogP contribution in [0.2, 0.25) is 0 Å². The maximum absolute atomic E-state index is 11.5. The van der Waals surface area contributed by atoms with Gasteiger partial charge in [0.2, 0.25) is 0 Å². The van der Waals surface area contributed by atoms with Crippen molar-refractivity contribution in [1.29, 1.82) is 0 Å². The first-order chi connectivity index (χ1) is 6.29. The van der Waals surface area contributed by atoms with E-state index in [9.17, 15) is 9.90 Å². The first kappa shape index (κ1) is 11.3. The Kier molecular flexibility index (Phi) is 3.04.